The summed E-state index contributed by atoms with van der Waals surface area (Å²) in [6.45, 7) is 7.76. The first-order valence-electron chi connectivity index (χ1n) is 4.47. The van der Waals surface area contributed by atoms with Gasteiger partial charge in [0, 0.05) is 0 Å². The number of carbonyl (C=O) groups is 1. The summed E-state index contributed by atoms with van der Waals surface area (Å²) in [5.74, 6) is -0.345. The van der Waals surface area contributed by atoms with Gasteiger partial charge in [0.15, 0.2) is 0 Å². The molecule has 0 saturated carbocycles. The van der Waals surface area contributed by atoms with Crippen LogP contribution in [0.3, 0.4) is 0 Å². The fourth-order valence-corrected chi connectivity index (χ4v) is 0.749. The molecule has 4 nitrogen and oxygen atoms in total. The molecule has 0 aliphatic carbocycles. The highest BCUT2D eigenvalue weighted by molar-refractivity contribution is 7.80. The second-order valence-corrected chi connectivity index (χ2v) is 4.21. The SMILES string of the molecule is CCOC(=O)CC(=S)NOC(C)(C)C. The van der Waals surface area contributed by atoms with Gasteiger partial charge in [-0.1, -0.05) is 12.2 Å². The van der Waals surface area contributed by atoms with E-state index in [2.05, 4.69) is 5.48 Å². The van der Waals surface area contributed by atoms with Crippen LogP contribution in [0.2, 0.25) is 0 Å². The molecule has 82 valence electrons. The van der Waals surface area contributed by atoms with E-state index in [9.17, 15) is 4.79 Å². The van der Waals surface area contributed by atoms with E-state index in [0.29, 0.717) is 11.6 Å². The van der Waals surface area contributed by atoms with Crippen LogP contribution >= 0.6 is 12.2 Å². The van der Waals surface area contributed by atoms with Gasteiger partial charge in [-0.25, -0.2) is 0 Å². The Morgan fingerprint density at radius 1 is 1.43 bits per heavy atom. The molecule has 0 fully saturated rings. The summed E-state index contributed by atoms with van der Waals surface area (Å²) in [6.07, 6.45) is 0.0548. The zero-order chi connectivity index (χ0) is 11.2. The fourth-order valence-electron chi connectivity index (χ4n) is 0.589. The number of carbonyl (C=O) groups excluding carboxylic acids is 1. The smallest absolute Gasteiger partial charge is 0.312 e. The lowest BCUT2D eigenvalue weighted by molar-refractivity contribution is -0.141. The normalized spacial score (nSPS) is 10.9. The minimum absolute atomic E-state index is 0.0548. The lowest BCUT2D eigenvalue weighted by Crippen LogP contribution is -2.33. The number of ether oxygens (including phenoxy) is 1. The molecule has 0 aromatic heterocycles. The lowest BCUT2D eigenvalue weighted by Gasteiger charge is -2.19. The van der Waals surface area contributed by atoms with Gasteiger partial charge in [-0.3, -0.25) is 15.1 Å². The Balaban J connectivity index is 3.71. The van der Waals surface area contributed by atoms with Crippen molar-refractivity contribution in [2.24, 2.45) is 0 Å². The Morgan fingerprint density at radius 3 is 2.43 bits per heavy atom. The van der Waals surface area contributed by atoms with Crippen molar-refractivity contribution in [2.75, 3.05) is 6.61 Å². The molecule has 0 saturated heterocycles. The molecule has 0 amide bonds. The largest absolute Gasteiger partial charge is 0.466 e. The maximum atomic E-state index is 11.0. The summed E-state index contributed by atoms with van der Waals surface area (Å²) in [5, 5.41) is 0. The Bertz CT molecular complexity index is 211. The average Bonchev–Trinajstić information content (AvgIpc) is 2.00. The first kappa shape index (κ1) is 13.3. The van der Waals surface area contributed by atoms with Crippen molar-refractivity contribution in [1.29, 1.82) is 0 Å². The molecular weight excluding hydrogens is 202 g/mol. The monoisotopic (exact) mass is 219 g/mol. The molecule has 0 aliphatic heterocycles. The van der Waals surface area contributed by atoms with Crippen LogP contribution in [0.15, 0.2) is 0 Å². The van der Waals surface area contributed by atoms with Crippen LogP contribution in [0.1, 0.15) is 34.1 Å². The predicted octanol–water partition coefficient (Wildman–Crippen LogP) is 1.59. The Morgan fingerprint density at radius 2 is 2.00 bits per heavy atom. The van der Waals surface area contributed by atoms with Crippen LogP contribution in [0.4, 0.5) is 0 Å². The van der Waals surface area contributed by atoms with Gasteiger partial charge in [-0.15, -0.1) is 0 Å². The Labute approximate surface area is 89.9 Å². The molecule has 5 heteroatoms. The minimum Gasteiger partial charge on any atom is -0.466 e. The molecule has 1 N–H and O–H groups in total. The third kappa shape index (κ3) is 7.94. The van der Waals surface area contributed by atoms with Gasteiger partial charge in [0.25, 0.3) is 0 Å². The van der Waals surface area contributed by atoms with Crippen molar-refractivity contribution in [1.82, 2.24) is 5.48 Å². The first-order chi connectivity index (χ1) is 6.35. The minimum atomic E-state index is -0.345. The summed E-state index contributed by atoms with van der Waals surface area (Å²) in [5.41, 5.74) is 2.21. The Kier molecular flexibility index (Phi) is 5.64. The van der Waals surface area contributed by atoms with Crippen molar-refractivity contribution in [2.45, 2.75) is 39.7 Å². The molecule has 0 radical (unpaired) electrons. The zero-order valence-corrected chi connectivity index (χ0v) is 9.86. The maximum Gasteiger partial charge on any atom is 0.312 e. The van der Waals surface area contributed by atoms with Gasteiger partial charge in [0.1, 0.15) is 4.99 Å². The topological polar surface area (TPSA) is 47.6 Å². The zero-order valence-electron chi connectivity index (χ0n) is 9.05. The third-order valence-electron chi connectivity index (χ3n) is 1.08. The van der Waals surface area contributed by atoms with E-state index in [4.69, 9.17) is 21.8 Å². The fraction of sp³-hybridized carbons (Fsp3) is 0.778. The second kappa shape index (κ2) is 5.93. The van der Waals surface area contributed by atoms with Crippen LogP contribution < -0.4 is 5.48 Å². The molecule has 14 heavy (non-hydrogen) atoms. The van der Waals surface area contributed by atoms with Crippen molar-refractivity contribution in [3.63, 3.8) is 0 Å². The standard InChI is InChI=1S/C9H17NO3S/c1-5-12-8(11)6-7(14)10-13-9(2,3)4/h5-6H2,1-4H3,(H,10,14). The van der Waals surface area contributed by atoms with Crippen molar-refractivity contribution in [3.05, 3.63) is 0 Å². The van der Waals surface area contributed by atoms with E-state index in [0.717, 1.165) is 0 Å². The molecule has 0 atom stereocenters. The Hall–Kier alpha value is -0.680. The van der Waals surface area contributed by atoms with Crippen molar-refractivity contribution >= 4 is 23.2 Å². The predicted molar refractivity (Wildman–Crippen MR) is 57.8 cm³/mol. The quantitative estimate of drug-likeness (QED) is 0.442. The summed E-state index contributed by atoms with van der Waals surface area (Å²) >= 11 is 4.88. The van der Waals surface area contributed by atoms with E-state index in [1.165, 1.54) is 0 Å². The van der Waals surface area contributed by atoms with Crippen LogP contribution in [0.25, 0.3) is 0 Å². The van der Waals surface area contributed by atoms with Crippen molar-refractivity contribution in [3.8, 4) is 0 Å². The molecule has 0 aromatic rings. The number of hydrogen-bond acceptors (Lipinski definition) is 4. The molecule has 0 aromatic carbocycles. The lowest BCUT2D eigenvalue weighted by atomic mass is 10.2. The third-order valence-corrected chi connectivity index (χ3v) is 1.31. The molecule has 0 aliphatic rings. The number of thiocarbonyl (C=S) groups is 1. The highest BCUT2D eigenvalue weighted by Gasteiger charge is 2.13. The summed E-state index contributed by atoms with van der Waals surface area (Å²) in [7, 11) is 0. The number of hydrogen-bond donors (Lipinski definition) is 1. The van der Waals surface area contributed by atoms with Gasteiger partial charge in [-0.05, 0) is 27.7 Å². The summed E-state index contributed by atoms with van der Waals surface area (Å²) < 4.78 is 4.72. The second-order valence-electron chi connectivity index (χ2n) is 3.72. The van der Waals surface area contributed by atoms with Crippen LogP contribution in [0, 0.1) is 0 Å². The molecule has 0 spiro atoms. The van der Waals surface area contributed by atoms with Gasteiger partial charge in [0.05, 0.1) is 18.6 Å². The van der Waals surface area contributed by atoms with Crippen molar-refractivity contribution < 1.29 is 14.4 Å². The van der Waals surface area contributed by atoms with E-state index in [1.807, 2.05) is 20.8 Å². The van der Waals surface area contributed by atoms with Gasteiger partial charge < -0.3 is 4.74 Å². The van der Waals surface area contributed by atoms with Crippen LogP contribution in [0.5, 0.6) is 0 Å². The van der Waals surface area contributed by atoms with E-state index in [-0.39, 0.29) is 18.0 Å². The van der Waals surface area contributed by atoms with Gasteiger partial charge >= 0.3 is 5.97 Å². The first-order valence-corrected chi connectivity index (χ1v) is 4.88. The highest BCUT2D eigenvalue weighted by Crippen LogP contribution is 2.04. The summed E-state index contributed by atoms with van der Waals surface area (Å²) in [6, 6.07) is 0. The van der Waals surface area contributed by atoms with Gasteiger partial charge in [-0.2, -0.15) is 0 Å². The van der Waals surface area contributed by atoms with Crippen LogP contribution in [-0.4, -0.2) is 23.2 Å². The highest BCUT2D eigenvalue weighted by atomic mass is 32.1. The molecule has 0 bridgehead atoms. The molecule has 0 heterocycles. The number of hydroxylamine groups is 1. The number of esters is 1. The van der Waals surface area contributed by atoms with E-state index >= 15 is 0 Å². The van der Waals surface area contributed by atoms with Gasteiger partial charge in [0.2, 0.25) is 0 Å². The molecular formula is C9H17NO3S. The summed E-state index contributed by atoms with van der Waals surface area (Å²) in [4.78, 5) is 16.5. The average molecular weight is 219 g/mol. The number of rotatable bonds is 4. The van der Waals surface area contributed by atoms with Crippen LogP contribution in [-0.2, 0) is 14.4 Å². The van der Waals surface area contributed by atoms with E-state index in [1.54, 1.807) is 6.92 Å². The maximum absolute atomic E-state index is 11.0. The molecule has 0 rings (SSSR count). The molecule has 0 unspecified atom stereocenters. The van der Waals surface area contributed by atoms with E-state index < -0.39 is 0 Å². The number of nitrogens with one attached hydrogen (secondary N) is 1.